The van der Waals surface area contributed by atoms with E-state index >= 15 is 4.39 Å². The zero-order chi connectivity index (χ0) is 29.8. The molecule has 4 aromatic heterocycles. The van der Waals surface area contributed by atoms with Crippen molar-refractivity contribution in [3.05, 3.63) is 93.5 Å². The largest absolute Gasteiger partial charge is 0.618 e. The van der Waals surface area contributed by atoms with Crippen molar-refractivity contribution in [1.29, 1.82) is 0 Å². The van der Waals surface area contributed by atoms with E-state index in [2.05, 4.69) is 15.4 Å². The summed E-state index contributed by atoms with van der Waals surface area (Å²) in [7, 11) is 0. The maximum absolute atomic E-state index is 15.4. The molecule has 1 unspecified atom stereocenters. The van der Waals surface area contributed by atoms with Gasteiger partial charge in [-0.25, -0.2) is 9.07 Å². The minimum atomic E-state index is -4.75. The van der Waals surface area contributed by atoms with Gasteiger partial charge in [0.1, 0.15) is 6.04 Å². The van der Waals surface area contributed by atoms with E-state index in [0.717, 1.165) is 34.2 Å². The van der Waals surface area contributed by atoms with Gasteiger partial charge < -0.3 is 10.9 Å². The first-order valence-corrected chi connectivity index (χ1v) is 13.8. The van der Waals surface area contributed by atoms with Crippen LogP contribution in [0.3, 0.4) is 0 Å². The second kappa shape index (κ2) is 10.5. The van der Waals surface area contributed by atoms with Crippen molar-refractivity contribution < 1.29 is 27.1 Å². The van der Waals surface area contributed by atoms with E-state index in [-0.39, 0.29) is 21.8 Å². The number of rotatable bonds is 8. The van der Waals surface area contributed by atoms with Gasteiger partial charge in [-0.05, 0) is 42.7 Å². The monoisotopic (exact) mass is 617 g/mol. The van der Waals surface area contributed by atoms with Gasteiger partial charge in [-0.2, -0.15) is 23.0 Å². The van der Waals surface area contributed by atoms with Gasteiger partial charge in [0.15, 0.2) is 17.7 Å². The second-order valence-corrected chi connectivity index (χ2v) is 11.4. The number of carbonyl (C=O) groups is 1. The number of thiophene rings is 1. The fourth-order valence-corrected chi connectivity index (χ4v) is 5.70. The predicted molar refractivity (Wildman–Crippen MR) is 145 cm³/mol. The number of alkyl halides is 3. The molecule has 1 aromatic carbocycles. The molecule has 1 saturated carbocycles. The van der Waals surface area contributed by atoms with Crippen LogP contribution in [0.4, 0.5) is 17.6 Å². The predicted octanol–water partition coefficient (Wildman–Crippen LogP) is 5.79. The van der Waals surface area contributed by atoms with Gasteiger partial charge in [-0.1, -0.05) is 29.7 Å². The Morgan fingerprint density at radius 1 is 1.17 bits per heavy atom. The molecular formula is C27H20ClF4N7O2S. The third kappa shape index (κ3) is 5.34. The van der Waals surface area contributed by atoms with Crippen LogP contribution in [0.5, 0.6) is 0 Å². The van der Waals surface area contributed by atoms with E-state index in [1.807, 2.05) is 0 Å². The molecule has 216 valence electrons. The minimum absolute atomic E-state index is 0.0785. The summed E-state index contributed by atoms with van der Waals surface area (Å²) in [5, 5.41) is 24.3. The number of carbonyl (C=O) groups excluding carboxylic acids is 1. The Balaban J connectivity index is 1.38. The van der Waals surface area contributed by atoms with Gasteiger partial charge in [0, 0.05) is 22.7 Å². The summed E-state index contributed by atoms with van der Waals surface area (Å²) in [6.45, 7) is 0. The number of pyridine rings is 1. The summed E-state index contributed by atoms with van der Waals surface area (Å²) >= 11 is 7.25. The molecule has 1 aliphatic rings. The molecule has 15 heteroatoms. The molecule has 0 radical (unpaired) electrons. The summed E-state index contributed by atoms with van der Waals surface area (Å²) in [6.07, 6.45) is 3.13. The van der Waals surface area contributed by atoms with Crippen LogP contribution < -0.4 is 10.5 Å². The highest BCUT2D eigenvalue weighted by Gasteiger charge is 2.35. The zero-order valence-electron chi connectivity index (χ0n) is 21.4. The van der Waals surface area contributed by atoms with Crippen molar-refractivity contribution in [2.75, 3.05) is 0 Å². The van der Waals surface area contributed by atoms with E-state index in [0.29, 0.717) is 33.8 Å². The molecule has 1 fully saturated rings. The first kappa shape index (κ1) is 27.8. The van der Waals surface area contributed by atoms with E-state index in [1.165, 1.54) is 29.5 Å². The molecule has 9 nitrogen and oxygen atoms in total. The van der Waals surface area contributed by atoms with Crippen molar-refractivity contribution in [3.8, 4) is 27.3 Å². The number of primary amides is 1. The highest BCUT2D eigenvalue weighted by atomic mass is 35.5. The third-order valence-corrected chi connectivity index (χ3v) is 8.43. The van der Waals surface area contributed by atoms with Crippen LogP contribution in [0.1, 0.15) is 46.4 Å². The molecule has 0 bridgehead atoms. The van der Waals surface area contributed by atoms with Gasteiger partial charge in [-0.15, -0.1) is 16.4 Å². The van der Waals surface area contributed by atoms with E-state index in [9.17, 15) is 23.2 Å². The van der Waals surface area contributed by atoms with Crippen LogP contribution in [0, 0.1) is 16.9 Å². The highest BCUT2D eigenvalue weighted by molar-refractivity contribution is 7.17. The molecule has 1 aliphatic carbocycles. The minimum Gasteiger partial charge on any atom is -0.618 e. The Kier molecular flexibility index (Phi) is 6.97. The lowest BCUT2D eigenvalue weighted by Gasteiger charge is -2.18. The normalized spacial score (nSPS) is 14.3. The number of halogens is 5. The summed E-state index contributed by atoms with van der Waals surface area (Å²) in [4.78, 5) is 12.7. The molecule has 0 spiro atoms. The van der Waals surface area contributed by atoms with Crippen molar-refractivity contribution in [2.24, 2.45) is 11.7 Å². The third-order valence-electron chi connectivity index (χ3n) is 6.99. The SMILES string of the molecule is NC(=O)c1ccc(-c2cnn(C(CC3CC3)c3ccc(-c4c(-n5cc(C(F)(F)F)nn5)ccc(Cl)c4F)c[n+]3[O-])c2)s1. The number of benzene rings is 1. The van der Waals surface area contributed by atoms with Crippen LogP contribution in [-0.2, 0) is 6.18 Å². The molecule has 5 aromatic rings. The van der Waals surface area contributed by atoms with Crippen molar-refractivity contribution in [2.45, 2.75) is 31.5 Å². The molecule has 1 amide bonds. The Morgan fingerprint density at radius 3 is 2.60 bits per heavy atom. The number of hydrogen-bond donors (Lipinski definition) is 1. The molecule has 0 saturated heterocycles. The molecule has 0 aliphatic heterocycles. The number of nitrogens with two attached hydrogens (primary N) is 1. The van der Waals surface area contributed by atoms with Gasteiger partial charge in [0.2, 0.25) is 5.69 Å². The average molecular weight is 618 g/mol. The number of amides is 1. The Morgan fingerprint density at radius 2 is 1.95 bits per heavy atom. The number of aromatic nitrogens is 6. The van der Waals surface area contributed by atoms with Crippen LogP contribution >= 0.6 is 22.9 Å². The lowest BCUT2D eigenvalue weighted by atomic mass is 10.0. The van der Waals surface area contributed by atoms with Gasteiger partial charge >= 0.3 is 6.18 Å². The molecular weight excluding hydrogens is 598 g/mol. The fourth-order valence-electron chi connectivity index (χ4n) is 4.71. The van der Waals surface area contributed by atoms with Gasteiger partial charge in [0.05, 0.1) is 39.1 Å². The lowest BCUT2D eigenvalue weighted by Crippen LogP contribution is -2.35. The number of nitrogens with zero attached hydrogens (tertiary/aromatic N) is 6. The molecule has 42 heavy (non-hydrogen) atoms. The van der Waals surface area contributed by atoms with Gasteiger partial charge in [-0.3, -0.25) is 9.48 Å². The van der Waals surface area contributed by atoms with E-state index in [4.69, 9.17) is 17.3 Å². The van der Waals surface area contributed by atoms with Crippen molar-refractivity contribution in [1.82, 2.24) is 24.8 Å². The van der Waals surface area contributed by atoms with E-state index in [1.54, 1.807) is 35.3 Å². The smallest absolute Gasteiger partial charge is 0.436 e. The Labute approximate surface area is 244 Å². The standard InChI is InChI=1S/C27H20ClF4N7O2S/c28-17-4-6-19(38-13-23(35-36-38)27(30,31)32)24(25(17)29)15-3-5-18(39(41)12-15)20(9-14-1-2-14)37-11-16(10-34-37)21-7-8-22(42-21)26(33)40/h3-8,10-14,20H,1-2,9H2,(H2,33,40). The van der Waals surface area contributed by atoms with Crippen molar-refractivity contribution in [3.63, 3.8) is 0 Å². The molecule has 2 N–H and O–H groups in total. The Bertz CT molecular complexity index is 1810. The second-order valence-electron chi connectivity index (χ2n) is 9.90. The molecule has 4 heterocycles. The maximum Gasteiger partial charge on any atom is 0.436 e. The summed E-state index contributed by atoms with van der Waals surface area (Å²) in [5.74, 6) is -1.05. The van der Waals surface area contributed by atoms with Crippen LogP contribution in [-0.4, -0.2) is 30.7 Å². The van der Waals surface area contributed by atoms with Crippen molar-refractivity contribution >= 4 is 28.8 Å². The number of hydrogen-bond acceptors (Lipinski definition) is 6. The lowest BCUT2D eigenvalue weighted by molar-refractivity contribution is -0.615. The topological polar surface area (TPSA) is 119 Å². The zero-order valence-corrected chi connectivity index (χ0v) is 23.0. The van der Waals surface area contributed by atoms with Crippen LogP contribution in [0.15, 0.2) is 61.2 Å². The maximum atomic E-state index is 15.4. The Hall–Kier alpha value is -4.30. The summed E-state index contributed by atoms with van der Waals surface area (Å²) in [5.41, 5.74) is 5.00. The molecule has 1 atom stereocenters. The van der Waals surface area contributed by atoms with Gasteiger partial charge in [0.25, 0.3) is 5.91 Å². The highest BCUT2D eigenvalue weighted by Crippen LogP contribution is 2.40. The van der Waals surface area contributed by atoms with Crippen LogP contribution in [0.25, 0.3) is 27.3 Å². The molecule has 6 rings (SSSR count). The fraction of sp³-hybridized carbons (Fsp3) is 0.222. The summed E-state index contributed by atoms with van der Waals surface area (Å²) in [6, 6.07) is 8.49. The average Bonchev–Trinajstić information content (AvgIpc) is 3.34. The first-order chi connectivity index (χ1) is 20.0. The van der Waals surface area contributed by atoms with E-state index < -0.39 is 29.6 Å². The van der Waals surface area contributed by atoms with Crippen LogP contribution in [0.2, 0.25) is 5.02 Å². The summed E-state index contributed by atoms with van der Waals surface area (Å²) < 4.78 is 57.9. The first-order valence-electron chi connectivity index (χ1n) is 12.6. The quantitative estimate of drug-likeness (QED) is 0.134.